The Balaban J connectivity index is 1.60. The third-order valence-electron chi connectivity index (χ3n) is 3.03. The van der Waals surface area contributed by atoms with Crippen molar-refractivity contribution in [3.8, 4) is 17.2 Å². The summed E-state index contributed by atoms with van der Waals surface area (Å²) in [5.74, 6) is 1.60. The molecule has 0 N–H and O–H groups in total. The Kier molecular flexibility index (Phi) is 5.06. The molecule has 2 nitrogen and oxygen atoms in total. The van der Waals surface area contributed by atoms with E-state index in [4.69, 9.17) is 32.7 Å². The predicted octanol–water partition coefficient (Wildman–Crippen LogP) is 6.57. The van der Waals surface area contributed by atoms with Crippen LogP contribution in [0.15, 0.2) is 53.9 Å². The maximum absolute atomic E-state index is 12.8. The molecule has 0 atom stereocenters. The van der Waals surface area contributed by atoms with Crippen molar-refractivity contribution < 1.29 is 13.9 Å². The van der Waals surface area contributed by atoms with Crippen molar-refractivity contribution in [3.05, 3.63) is 74.7 Å². The van der Waals surface area contributed by atoms with Crippen molar-refractivity contribution >= 4 is 34.5 Å². The van der Waals surface area contributed by atoms with E-state index in [1.165, 1.54) is 23.5 Å². The Bertz CT molecular complexity index is 785. The maximum atomic E-state index is 12.8. The summed E-state index contributed by atoms with van der Waals surface area (Å²) >= 11 is 13.3. The first-order valence-electron chi connectivity index (χ1n) is 6.69. The minimum atomic E-state index is -0.298. The van der Waals surface area contributed by atoms with Gasteiger partial charge in [0, 0.05) is 10.9 Å². The summed E-state index contributed by atoms with van der Waals surface area (Å²) in [6, 6.07) is 13.0. The van der Waals surface area contributed by atoms with Crippen LogP contribution in [0.1, 0.15) is 5.56 Å². The molecule has 0 bridgehead atoms. The minimum absolute atomic E-state index is 0.298. The molecule has 0 aliphatic heterocycles. The van der Waals surface area contributed by atoms with Gasteiger partial charge in [-0.15, -0.1) is 11.3 Å². The molecule has 3 rings (SSSR count). The Morgan fingerprint density at radius 1 is 0.870 bits per heavy atom. The lowest BCUT2D eigenvalue weighted by Gasteiger charge is -2.08. The van der Waals surface area contributed by atoms with Gasteiger partial charge in [-0.1, -0.05) is 23.2 Å². The van der Waals surface area contributed by atoms with E-state index in [1.54, 1.807) is 36.4 Å². The highest BCUT2D eigenvalue weighted by Crippen LogP contribution is 2.33. The second-order valence-corrected chi connectivity index (χ2v) is 6.52. The van der Waals surface area contributed by atoms with E-state index >= 15 is 0 Å². The first kappa shape index (κ1) is 16.1. The van der Waals surface area contributed by atoms with Crippen molar-refractivity contribution in [2.75, 3.05) is 0 Å². The number of halogens is 3. The molecule has 118 valence electrons. The highest BCUT2D eigenvalue weighted by molar-refractivity contribution is 7.15. The number of thiophene rings is 1. The number of rotatable bonds is 5. The van der Waals surface area contributed by atoms with Crippen LogP contribution in [0.25, 0.3) is 0 Å². The molecule has 0 spiro atoms. The van der Waals surface area contributed by atoms with Gasteiger partial charge in [0.25, 0.3) is 0 Å². The fourth-order valence-corrected chi connectivity index (χ4v) is 3.08. The molecule has 2 aromatic carbocycles. The molecule has 23 heavy (non-hydrogen) atoms. The smallest absolute Gasteiger partial charge is 0.127 e. The predicted molar refractivity (Wildman–Crippen MR) is 91.6 cm³/mol. The van der Waals surface area contributed by atoms with E-state index < -0.39 is 0 Å². The molecule has 0 unspecified atom stereocenters. The van der Waals surface area contributed by atoms with Gasteiger partial charge in [-0.05, 0) is 48.5 Å². The van der Waals surface area contributed by atoms with Crippen LogP contribution in [0, 0.1) is 5.82 Å². The first-order valence-corrected chi connectivity index (χ1v) is 8.33. The van der Waals surface area contributed by atoms with E-state index in [0.717, 1.165) is 5.56 Å². The summed E-state index contributed by atoms with van der Waals surface area (Å²) in [7, 11) is 0. The Labute approximate surface area is 147 Å². The van der Waals surface area contributed by atoms with Gasteiger partial charge in [0.1, 0.15) is 34.0 Å². The van der Waals surface area contributed by atoms with Crippen molar-refractivity contribution in [1.82, 2.24) is 0 Å². The summed E-state index contributed by atoms with van der Waals surface area (Å²) in [5, 5.41) is 2.41. The molecule has 0 radical (unpaired) electrons. The molecular formula is C17H11Cl2FO2S. The lowest BCUT2D eigenvalue weighted by atomic mass is 10.3. The molecule has 0 saturated carbocycles. The molecule has 0 amide bonds. The third-order valence-corrected chi connectivity index (χ3v) is 4.94. The van der Waals surface area contributed by atoms with Gasteiger partial charge in [0.2, 0.25) is 0 Å². The minimum Gasteiger partial charge on any atom is -0.489 e. The van der Waals surface area contributed by atoms with E-state index in [2.05, 4.69) is 0 Å². The van der Waals surface area contributed by atoms with Crippen molar-refractivity contribution in [1.29, 1.82) is 0 Å². The summed E-state index contributed by atoms with van der Waals surface area (Å²) in [6.45, 7) is 0.347. The number of hydrogen-bond donors (Lipinski definition) is 0. The number of hydrogen-bond acceptors (Lipinski definition) is 3. The van der Waals surface area contributed by atoms with E-state index in [0.29, 0.717) is 33.2 Å². The first-order chi connectivity index (χ1) is 11.1. The maximum Gasteiger partial charge on any atom is 0.127 e. The van der Waals surface area contributed by atoms with Gasteiger partial charge >= 0.3 is 0 Å². The molecule has 1 heterocycles. The summed E-state index contributed by atoms with van der Waals surface area (Å²) < 4.78 is 24.7. The summed E-state index contributed by atoms with van der Waals surface area (Å²) in [5.41, 5.74) is 0.855. The Hall–Kier alpha value is -1.75. The van der Waals surface area contributed by atoms with Crippen LogP contribution < -0.4 is 9.47 Å². The lowest BCUT2D eigenvalue weighted by Crippen LogP contribution is -1.94. The summed E-state index contributed by atoms with van der Waals surface area (Å²) in [4.78, 5) is 0. The van der Waals surface area contributed by atoms with Crippen molar-refractivity contribution in [3.63, 3.8) is 0 Å². The molecule has 3 aromatic rings. The standard InChI is InChI=1S/C17H11Cl2FO2S/c18-16-11(10-23-17(16)19)9-21-13-5-7-15(8-6-13)22-14-3-1-12(20)2-4-14/h1-8,10H,9H2. The van der Waals surface area contributed by atoms with Crippen molar-refractivity contribution in [2.45, 2.75) is 6.61 Å². The zero-order valence-corrected chi connectivity index (χ0v) is 14.1. The zero-order chi connectivity index (χ0) is 16.2. The van der Waals surface area contributed by atoms with Crippen LogP contribution in [0.3, 0.4) is 0 Å². The average Bonchev–Trinajstić information content (AvgIpc) is 2.88. The SMILES string of the molecule is Fc1ccc(Oc2ccc(OCc3csc(Cl)c3Cl)cc2)cc1. The third kappa shape index (κ3) is 4.16. The van der Waals surface area contributed by atoms with E-state index in [9.17, 15) is 4.39 Å². The number of ether oxygens (including phenoxy) is 2. The monoisotopic (exact) mass is 368 g/mol. The van der Waals surface area contributed by atoms with Crippen LogP contribution in [-0.4, -0.2) is 0 Å². The fraction of sp³-hybridized carbons (Fsp3) is 0.0588. The van der Waals surface area contributed by atoms with E-state index in [1.807, 2.05) is 5.38 Å². The van der Waals surface area contributed by atoms with Crippen LogP contribution in [0.4, 0.5) is 4.39 Å². The average molecular weight is 369 g/mol. The van der Waals surface area contributed by atoms with Crippen LogP contribution >= 0.6 is 34.5 Å². The Morgan fingerprint density at radius 3 is 2.00 bits per heavy atom. The highest BCUT2D eigenvalue weighted by Gasteiger charge is 2.08. The van der Waals surface area contributed by atoms with Gasteiger partial charge in [-0.2, -0.15) is 0 Å². The second kappa shape index (κ2) is 7.21. The molecule has 1 aromatic heterocycles. The van der Waals surface area contributed by atoms with Gasteiger partial charge < -0.3 is 9.47 Å². The van der Waals surface area contributed by atoms with Crippen LogP contribution in [0.2, 0.25) is 9.36 Å². The molecule has 0 aliphatic rings. The van der Waals surface area contributed by atoms with Crippen molar-refractivity contribution in [2.24, 2.45) is 0 Å². The second-order valence-electron chi connectivity index (χ2n) is 4.66. The largest absolute Gasteiger partial charge is 0.489 e. The fourth-order valence-electron chi connectivity index (χ4n) is 1.85. The normalized spacial score (nSPS) is 10.6. The highest BCUT2D eigenvalue weighted by atomic mass is 35.5. The zero-order valence-electron chi connectivity index (χ0n) is 11.8. The molecular weight excluding hydrogens is 358 g/mol. The Morgan fingerprint density at radius 2 is 1.43 bits per heavy atom. The number of benzene rings is 2. The van der Waals surface area contributed by atoms with Gasteiger partial charge in [-0.25, -0.2) is 4.39 Å². The van der Waals surface area contributed by atoms with Crippen LogP contribution in [-0.2, 0) is 6.61 Å². The van der Waals surface area contributed by atoms with Crippen LogP contribution in [0.5, 0.6) is 17.2 Å². The molecule has 0 fully saturated rings. The van der Waals surface area contributed by atoms with Gasteiger partial charge in [0.15, 0.2) is 0 Å². The molecule has 6 heteroatoms. The van der Waals surface area contributed by atoms with Gasteiger partial charge in [-0.3, -0.25) is 0 Å². The topological polar surface area (TPSA) is 18.5 Å². The summed E-state index contributed by atoms with van der Waals surface area (Å²) in [6.07, 6.45) is 0. The quantitative estimate of drug-likeness (QED) is 0.507. The lowest BCUT2D eigenvalue weighted by molar-refractivity contribution is 0.306. The van der Waals surface area contributed by atoms with Gasteiger partial charge in [0.05, 0.1) is 5.02 Å². The van der Waals surface area contributed by atoms with E-state index in [-0.39, 0.29) is 5.82 Å². The molecule has 0 saturated heterocycles. The molecule has 0 aliphatic carbocycles.